The number of hydrogen-bond donors (Lipinski definition) is 7. The lowest BCUT2D eigenvalue weighted by atomic mass is 9.99. The molecule has 2 unspecified atom stereocenters. The van der Waals surface area contributed by atoms with Crippen molar-refractivity contribution in [1.82, 2.24) is 20.0 Å². The number of imide groups is 1. The molecule has 6 aliphatic rings. The molecule has 11 rings (SSSR count). The fraction of sp³-hybridized carbons (Fsp3) is 0.333. The summed E-state index contributed by atoms with van der Waals surface area (Å²) in [6.45, 7) is 0.208. The SMILES string of the molecule is COc1ccc(C2=CN3C(=O)c4cc(OC)c(OCCCOc5cc6c(cc5OC)C(=O)N5C=C(c7cccc(NC(=O)OCc8ccc(OC9OC(C(=O)O)[C@@H](O)[C@H](O)[C@@H]9O)c(NC(=O)CCNC(=O)CCCCCN9C(=O)C=CC9=O)c8)c7)C[C@H]5C=N6)cc4N=C[C@@H]3C2)cc1. The minimum absolute atomic E-state index is 0.0620. The lowest BCUT2D eigenvalue weighted by Gasteiger charge is -2.38. The van der Waals surface area contributed by atoms with Crippen molar-refractivity contribution in [2.45, 2.75) is 101 Å². The Morgan fingerprint density at radius 2 is 1.25 bits per heavy atom. The average molecular weight is 1330 g/mol. The third-order valence-corrected chi connectivity index (χ3v) is 16.8. The average Bonchev–Trinajstić information content (AvgIpc) is 1.65. The van der Waals surface area contributed by atoms with Gasteiger partial charge in [-0.2, -0.15) is 0 Å². The van der Waals surface area contributed by atoms with Crippen molar-refractivity contribution < 1.29 is 96.7 Å². The third-order valence-electron chi connectivity index (χ3n) is 16.8. The Balaban J connectivity index is 0.671. The zero-order chi connectivity index (χ0) is 68.4. The van der Waals surface area contributed by atoms with E-state index in [-0.39, 0.29) is 98.3 Å². The Kier molecular flexibility index (Phi) is 21.0. The van der Waals surface area contributed by atoms with Crippen molar-refractivity contribution in [3.8, 4) is 34.5 Å². The molecule has 28 heteroatoms. The zero-order valence-corrected chi connectivity index (χ0v) is 52.9. The highest BCUT2D eigenvalue weighted by atomic mass is 16.7. The van der Waals surface area contributed by atoms with Gasteiger partial charge in [0.25, 0.3) is 23.6 Å². The van der Waals surface area contributed by atoms with Gasteiger partial charge in [0.1, 0.15) is 36.4 Å². The number of rotatable bonds is 27. The number of nitrogens with one attached hydrogen (secondary N) is 3. The summed E-state index contributed by atoms with van der Waals surface area (Å²) >= 11 is 0. The molecule has 0 aliphatic carbocycles. The number of aliphatic imine (C=N–C) groups is 2. The van der Waals surface area contributed by atoms with Crippen LogP contribution in [-0.2, 0) is 40.1 Å². The number of aliphatic hydroxyl groups excluding tert-OH is 3. The van der Waals surface area contributed by atoms with Crippen LogP contribution in [0, 0.1) is 0 Å². The minimum Gasteiger partial charge on any atom is -0.497 e. The first-order valence-corrected chi connectivity index (χ1v) is 31.2. The Bertz CT molecular complexity index is 4040. The second-order valence-electron chi connectivity index (χ2n) is 23.2. The van der Waals surface area contributed by atoms with Gasteiger partial charge < -0.3 is 78.8 Å². The Morgan fingerprint density at radius 1 is 0.619 bits per heavy atom. The number of carbonyl (C=O) groups excluding carboxylic acids is 7. The van der Waals surface area contributed by atoms with Crippen molar-refractivity contribution in [1.29, 1.82) is 0 Å². The minimum atomic E-state index is -2.00. The number of benzene rings is 5. The van der Waals surface area contributed by atoms with Crippen molar-refractivity contribution in [3.05, 3.63) is 143 Å². The van der Waals surface area contributed by atoms with Crippen LogP contribution in [-0.4, -0.2) is 185 Å². The van der Waals surface area contributed by atoms with Crippen molar-refractivity contribution in [2.24, 2.45) is 9.98 Å². The largest absolute Gasteiger partial charge is 0.497 e. The van der Waals surface area contributed by atoms with Gasteiger partial charge in [0.15, 0.2) is 29.1 Å². The van der Waals surface area contributed by atoms with Crippen LogP contribution in [0.5, 0.6) is 34.5 Å². The first-order chi connectivity index (χ1) is 46.9. The van der Waals surface area contributed by atoms with Gasteiger partial charge in [0.2, 0.25) is 18.1 Å². The van der Waals surface area contributed by atoms with Gasteiger partial charge in [0, 0.05) is 100.0 Å². The lowest BCUT2D eigenvalue weighted by molar-refractivity contribution is -0.271. The standard InChI is InChI=1S/C69H70N8O20/c1-90-46-15-13-39(14-16-46)41-27-44-33-71-49-31-55(53(91-2)29-47(49)65(85)76(44)35-41)93-23-8-24-94-56-32-50-48(30-54(56)92-3)66(86)77-36-42(28-45(77)34-72-50)40-9-7-10-43(26-40)73-69(89)95-37-38-12-17-52(96-68-63(84)61(82)62(83)64(97-68)67(87)88)51(25-38)74-58(79)20-21-70-57(78)11-5-4-6-22-75-59(80)18-19-60(75)81/h7,9-10,12-19,25-26,29-36,44-45,61-64,68,82-84H,4-6,8,11,20-24,27-28,37H2,1-3H3,(H,70,78)(H,73,89)(H,74,79)(H,87,88)/t44-,45-,61-,62-,63-,64?,68?/m0/s1. The number of carboxylic acids is 1. The van der Waals surface area contributed by atoms with E-state index in [0.717, 1.165) is 27.4 Å². The molecule has 0 saturated carbocycles. The molecular formula is C69H70N8O20. The summed E-state index contributed by atoms with van der Waals surface area (Å²) in [6.07, 6.45) is 1.68. The van der Waals surface area contributed by atoms with Gasteiger partial charge >= 0.3 is 12.1 Å². The molecule has 7 amide bonds. The van der Waals surface area contributed by atoms with Crippen LogP contribution in [0.4, 0.5) is 27.5 Å². The highest BCUT2D eigenvalue weighted by Crippen LogP contribution is 2.43. The summed E-state index contributed by atoms with van der Waals surface area (Å²) < 4.78 is 45.7. The summed E-state index contributed by atoms with van der Waals surface area (Å²) in [5, 5.41) is 49.0. The van der Waals surface area contributed by atoms with Gasteiger partial charge in [-0.25, -0.2) is 9.59 Å². The molecule has 0 bridgehead atoms. The number of carboxylic acid groups (broad SMARTS) is 1. The second kappa shape index (κ2) is 30.2. The monoisotopic (exact) mass is 1330 g/mol. The smallest absolute Gasteiger partial charge is 0.411 e. The van der Waals surface area contributed by atoms with Crippen LogP contribution in [0.1, 0.15) is 88.8 Å². The van der Waals surface area contributed by atoms with Crippen LogP contribution >= 0.6 is 0 Å². The Morgan fingerprint density at radius 3 is 1.86 bits per heavy atom. The molecular weight excluding hydrogens is 1260 g/mol. The van der Waals surface area contributed by atoms with Crippen LogP contribution in [0.2, 0.25) is 0 Å². The van der Waals surface area contributed by atoms with E-state index in [0.29, 0.717) is 95.3 Å². The number of amides is 7. The number of ether oxygens (including phenoxy) is 8. The predicted octanol–water partition coefficient (Wildman–Crippen LogP) is 6.45. The highest BCUT2D eigenvalue weighted by molar-refractivity contribution is 6.13. The van der Waals surface area contributed by atoms with E-state index < -0.39 is 54.7 Å². The number of hydrogen-bond acceptors (Lipinski definition) is 21. The number of methoxy groups -OCH3 is 3. The van der Waals surface area contributed by atoms with Crippen LogP contribution in [0.25, 0.3) is 11.1 Å². The molecule has 506 valence electrons. The first-order valence-electron chi connectivity index (χ1n) is 31.2. The predicted molar refractivity (Wildman–Crippen MR) is 348 cm³/mol. The molecule has 6 heterocycles. The van der Waals surface area contributed by atoms with Gasteiger partial charge in [-0.05, 0) is 89.2 Å². The molecule has 1 fully saturated rings. The van der Waals surface area contributed by atoms with Crippen LogP contribution in [0.15, 0.2) is 126 Å². The normalized spacial score (nSPS) is 20.5. The van der Waals surface area contributed by atoms with Crippen molar-refractivity contribution in [2.75, 3.05) is 58.3 Å². The number of unbranched alkanes of at least 4 members (excludes halogenated alkanes) is 2. The van der Waals surface area contributed by atoms with Gasteiger partial charge in [-0.1, -0.05) is 36.8 Å². The lowest BCUT2D eigenvalue weighted by Crippen LogP contribution is -2.61. The number of nitrogens with zero attached hydrogens (tertiary/aromatic N) is 5. The van der Waals surface area contributed by atoms with Gasteiger partial charge in [-0.3, -0.25) is 49.0 Å². The van der Waals surface area contributed by atoms with E-state index in [9.17, 15) is 58.8 Å². The maximum Gasteiger partial charge on any atom is 0.411 e. The topological polar surface area (TPSA) is 362 Å². The number of fused-ring (bicyclic) bond motifs is 4. The number of anilines is 2. The van der Waals surface area contributed by atoms with E-state index >= 15 is 0 Å². The van der Waals surface area contributed by atoms with Crippen LogP contribution < -0.4 is 44.4 Å². The molecule has 6 aliphatic heterocycles. The maximum atomic E-state index is 14.3. The van der Waals surface area contributed by atoms with E-state index in [1.54, 1.807) is 78.0 Å². The van der Waals surface area contributed by atoms with Crippen molar-refractivity contribution >= 4 is 93.8 Å². The number of carbonyl (C=O) groups is 8. The van der Waals surface area contributed by atoms with Crippen molar-refractivity contribution in [3.63, 3.8) is 0 Å². The van der Waals surface area contributed by atoms with E-state index in [1.165, 1.54) is 44.6 Å². The fourth-order valence-corrected chi connectivity index (χ4v) is 11.6. The molecule has 0 radical (unpaired) electrons. The first kappa shape index (κ1) is 67.5. The maximum absolute atomic E-state index is 14.3. The molecule has 97 heavy (non-hydrogen) atoms. The molecule has 0 spiro atoms. The van der Waals surface area contributed by atoms with Gasteiger partial charge in [0.05, 0.1) is 74.8 Å². The summed E-state index contributed by atoms with van der Waals surface area (Å²) in [7, 11) is 4.59. The van der Waals surface area contributed by atoms with E-state index in [1.807, 2.05) is 36.5 Å². The Hall–Kier alpha value is -10.9. The third kappa shape index (κ3) is 15.6. The summed E-state index contributed by atoms with van der Waals surface area (Å²) in [5.41, 5.74) is 5.58. The quantitative estimate of drug-likeness (QED) is 0.0219. The summed E-state index contributed by atoms with van der Waals surface area (Å²) in [4.78, 5) is 117. The summed E-state index contributed by atoms with van der Waals surface area (Å²) in [5.74, 6) is -1.89. The number of aliphatic carboxylic acids is 1. The molecule has 1 saturated heterocycles. The van der Waals surface area contributed by atoms with Gasteiger partial charge in [-0.15, -0.1) is 0 Å². The molecule has 0 aromatic heterocycles. The molecule has 7 atom stereocenters. The highest BCUT2D eigenvalue weighted by Gasteiger charge is 2.48. The molecule has 5 aromatic rings. The molecule has 7 N–H and O–H groups in total. The van der Waals surface area contributed by atoms with Crippen LogP contribution in [0.3, 0.4) is 0 Å². The summed E-state index contributed by atoms with van der Waals surface area (Å²) in [6, 6.07) is 24.6. The molecule has 28 nitrogen and oxygen atoms in total. The molecule has 5 aromatic carbocycles. The number of aliphatic hydroxyl groups is 3. The fourth-order valence-electron chi connectivity index (χ4n) is 11.6. The van der Waals surface area contributed by atoms with E-state index in [4.69, 9.17) is 47.9 Å². The zero-order valence-electron chi connectivity index (χ0n) is 52.9. The second-order valence-corrected chi connectivity index (χ2v) is 23.2. The van der Waals surface area contributed by atoms with E-state index in [2.05, 4.69) is 16.0 Å². The Labute approximate surface area is 555 Å².